The highest BCUT2D eigenvalue weighted by molar-refractivity contribution is 9.10. The second-order valence-corrected chi connectivity index (χ2v) is 11.4. The maximum Gasteiger partial charge on any atom is 0.214 e. The Kier molecular flexibility index (Phi) is 5.37. The molecule has 0 unspecified atom stereocenters. The summed E-state index contributed by atoms with van der Waals surface area (Å²) in [4.78, 5) is 4.21. The lowest BCUT2D eigenvalue weighted by Gasteiger charge is -2.36. The molecular weight excluding hydrogens is 310 g/mol. The molecule has 0 spiro atoms. The average molecular weight is 332 g/mol. The first-order valence-electron chi connectivity index (χ1n) is 6.12. The first-order valence-corrected chi connectivity index (χ1v) is 9.82. The van der Waals surface area contributed by atoms with Gasteiger partial charge in [0.2, 0.25) is 5.88 Å². The Morgan fingerprint density at radius 3 is 2.44 bits per heavy atom. The summed E-state index contributed by atoms with van der Waals surface area (Å²) in [5.74, 6) is 0.628. The SMILES string of the molecule is CC(C)(C)[Si](C)(C)OCCOc1cccc(Br)n1. The van der Waals surface area contributed by atoms with Crippen LogP contribution < -0.4 is 4.74 Å². The lowest BCUT2D eigenvalue weighted by Crippen LogP contribution is -2.41. The second kappa shape index (κ2) is 6.17. The van der Waals surface area contributed by atoms with Gasteiger partial charge in [0.25, 0.3) is 0 Å². The van der Waals surface area contributed by atoms with E-state index in [1.165, 1.54) is 0 Å². The molecule has 0 fully saturated rings. The summed E-state index contributed by atoms with van der Waals surface area (Å²) in [6, 6.07) is 5.62. The van der Waals surface area contributed by atoms with Gasteiger partial charge in [0.15, 0.2) is 8.32 Å². The number of hydrogen-bond donors (Lipinski definition) is 0. The molecule has 0 aliphatic rings. The van der Waals surface area contributed by atoms with Gasteiger partial charge in [-0.1, -0.05) is 26.8 Å². The van der Waals surface area contributed by atoms with Crippen molar-refractivity contribution in [1.29, 1.82) is 0 Å². The molecule has 0 N–H and O–H groups in total. The van der Waals surface area contributed by atoms with Crippen molar-refractivity contribution in [2.75, 3.05) is 13.2 Å². The minimum atomic E-state index is -1.66. The molecule has 1 rings (SSSR count). The van der Waals surface area contributed by atoms with E-state index in [9.17, 15) is 0 Å². The molecule has 1 aromatic heterocycles. The molecule has 1 aromatic rings. The monoisotopic (exact) mass is 331 g/mol. The standard InChI is InChI=1S/C13H22BrNO2Si/c1-13(2,3)18(4,5)17-10-9-16-12-8-6-7-11(14)15-12/h6-8H,9-10H2,1-5H3. The normalized spacial score (nSPS) is 12.6. The Hall–Kier alpha value is -0.393. The Morgan fingerprint density at radius 2 is 1.89 bits per heavy atom. The van der Waals surface area contributed by atoms with Crippen LogP contribution in [0.4, 0.5) is 0 Å². The molecule has 0 aromatic carbocycles. The third-order valence-electron chi connectivity index (χ3n) is 3.29. The maximum atomic E-state index is 6.02. The number of ether oxygens (including phenoxy) is 1. The van der Waals surface area contributed by atoms with Crippen molar-refractivity contribution in [1.82, 2.24) is 4.98 Å². The van der Waals surface area contributed by atoms with E-state index in [0.29, 0.717) is 19.1 Å². The number of hydrogen-bond acceptors (Lipinski definition) is 3. The molecule has 0 saturated heterocycles. The van der Waals surface area contributed by atoms with E-state index in [2.05, 4.69) is 54.8 Å². The highest BCUT2D eigenvalue weighted by Gasteiger charge is 2.36. The van der Waals surface area contributed by atoms with Crippen LogP contribution in [0.15, 0.2) is 22.8 Å². The zero-order chi connectivity index (χ0) is 13.8. The van der Waals surface area contributed by atoms with Crippen molar-refractivity contribution in [3.8, 4) is 5.88 Å². The van der Waals surface area contributed by atoms with E-state index in [0.717, 1.165) is 4.60 Å². The highest BCUT2D eigenvalue weighted by Crippen LogP contribution is 2.36. The van der Waals surface area contributed by atoms with Crippen LogP contribution in [0, 0.1) is 0 Å². The van der Waals surface area contributed by atoms with E-state index >= 15 is 0 Å². The fraction of sp³-hybridized carbons (Fsp3) is 0.615. The van der Waals surface area contributed by atoms with E-state index in [4.69, 9.17) is 9.16 Å². The van der Waals surface area contributed by atoms with Crippen molar-refractivity contribution in [3.63, 3.8) is 0 Å². The fourth-order valence-corrected chi connectivity index (χ4v) is 2.48. The molecule has 1 heterocycles. The smallest absolute Gasteiger partial charge is 0.214 e. The van der Waals surface area contributed by atoms with Crippen molar-refractivity contribution in [2.45, 2.75) is 38.9 Å². The highest BCUT2D eigenvalue weighted by atomic mass is 79.9. The number of rotatable bonds is 5. The predicted molar refractivity (Wildman–Crippen MR) is 80.6 cm³/mol. The molecule has 0 bridgehead atoms. The van der Waals surface area contributed by atoms with Crippen molar-refractivity contribution >= 4 is 24.2 Å². The van der Waals surface area contributed by atoms with Crippen molar-refractivity contribution in [2.24, 2.45) is 0 Å². The largest absolute Gasteiger partial charge is 0.475 e. The Labute approximate surface area is 119 Å². The number of halogens is 1. The summed E-state index contributed by atoms with van der Waals surface area (Å²) in [6.45, 7) is 12.3. The van der Waals surface area contributed by atoms with E-state index < -0.39 is 8.32 Å². The van der Waals surface area contributed by atoms with Crippen LogP contribution in [0.25, 0.3) is 0 Å². The summed E-state index contributed by atoms with van der Waals surface area (Å²) < 4.78 is 12.4. The van der Waals surface area contributed by atoms with Gasteiger partial charge in [-0.15, -0.1) is 0 Å². The van der Waals surface area contributed by atoms with Gasteiger partial charge in [-0.2, -0.15) is 0 Å². The summed E-state index contributed by atoms with van der Waals surface area (Å²) in [6.07, 6.45) is 0. The van der Waals surface area contributed by atoms with Gasteiger partial charge in [0, 0.05) is 6.07 Å². The molecule has 0 atom stereocenters. The van der Waals surface area contributed by atoms with Crippen LogP contribution in [-0.4, -0.2) is 26.5 Å². The molecule has 0 amide bonds. The molecule has 0 saturated carbocycles. The van der Waals surface area contributed by atoms with Gasteiger partial charge < -0.3 is 9.16 Å². The van der Waals surface area contributed by atoms with Gasteiger partial charge in [0.05, 0.1) is 6.61 Å². The minimum absolute atomic E-state index is 0.237. The lowest BCUT2D eigenvalue weighted by molar-refractivity contribution is 0.199. The minimum Gasteiger partial charge on any atom is -0.475 e. The van der Waals surface area contributed by atoms with Crippen molar-refractivity contribution in [3.05, 3.63) is 22.8 Å². The molecule has 0 aliphatic heterocycles. The third kappa shape index (κ3) is 4.70. The van der Waals surface area contributed by atoms with E-state index in [-0.39, 0.29) is 5.04 Å². The Balaban J connectivity index is 2.35. The maximum absolute atomic E-state index is 6.02. The third-order valence-corrected chi connectivity index (χ3v) is 8.27. The summed E-state index contributed by atoms with van der Waals surface area (Å²) in [7, 11) is -1.66. The topological polar surface area (TPSA) is 31.4 Å². The molecule has 5 heteroatoms. The first-order chi connectivity index (χ1) is 8.22. The van der Waals surface area contributed by atoms with Crippen LogP contribution in [0.2, 0.25) is 18.1 Å². The molecule has 18 heavy (non-hydrogen) atoms. The Bertz CT molecular complexity index is 391. The van der Waals surface area contributed by atoms with E-state index in [1.807, 2.05) is 18.2 Å². The second-order valence-electron chi connectivity index (χ2n) is 5.76. The van der Waals surface area contributed by atoms with Gasteiger partial charge in [0.1, 0.15) is 11.2 Å². The zero-order valence-electron chi connectivity index (χ0n) is 11.8. The number of aromatic nitrogens is 1. The summed E-state index contributed by atoms with van der Waals surface area (Å²) in [5, 5.41) is 0.237. The van der Waals surface area contributed by atoms with Crippen LogP contribution in [0.1, 0.15) is 20.8 Å². The first kappa shape index (κ1) is 15.7. The molecule has 0 radical (unpaired) electrons. The molecule has 0 aliphatic carbocycles. The van der Waals surface area contributed by atoms with Gasteiger partial charge in [-0.05, 0) is 40.1 Å². The average Bonchev–Trinajstić information content (AvgIpc) is 2.23. The summed E-state index contributed by atoms with van der Waals surface area (Å²) >= 11 is 3.31. The number of nitrogens with zero attached hydrogens (tertiary/aromatic N) is 1. The number of pyridine rings is 1. The van der Waals surface area contributed by atoms with Crippen LogP contribution >= 0.6 is 15.9 Å². The Morgan fingerprint density at radius 1 is 1.22 bits per heavy atom. The van der Waals surface area contributed by atoms with Crippen LogP contribution in [-0.2, 0) is 4.43 Å². The lowest BCUT2D eigenvalue weighted by atomic mass is 10.2. The van der Waals surface area contributed by atoms with Crippen molar-refractivity contribution < 1.29 is 9.16 Å². The predicted octanol–water partition coefficient (Wildman–Crippen LogP) is 4.24. The quantitative estimate of drug-likeness (QED) is 0.459. The molecular formula is C13H22BrNO2Si. The van der Waals surface area contributed by atoms with Gasteiger partial charge in [-0.25, -0.2) is 4.98 Å². The van der Waals surface area contributed by atoms with E-state index in [1.54, 1.807) is 0 Å². The fourth-order valence-electron chi connectivity index (χ4n) is 1.13. The molecule has 102 valence electrons. The zero-order valence-corrected chi connectivity index (χ0v) is 14.4. The van der Waals surface area contributed by atoms with Crippen LogP contribution in [0.5, 0.6) is 5.88 Å². The summed E-state index contributed by atoms with van der Waals surface area (Å²) in [5.41, 5.74) is 0. The van der Waals surface area contributed by atoms with Gasteiger partial charge in [-0.3, -0.25) is 0 Å². The van der Waals surface area contributed by atoms with Gasteiger partial charge >= 0.3 is 0 Å². The van der Waals surface area contributed by atoms with Crippen LogP contribution in [0.3, 0.4) is 0 Å². The molecule has 3 nitrogen and oxygen atoms in total.